The molecule has 0 rings (SSSR count). The molecule has 0 heterocycles. The fraction of sp³-hybridized carbons (Fsp3) is 0.722. The van der Waals surface area contributed by atoms with Crippen molar-refractivity contribution in [1.29, 1.82) is 0 Å². The average molecular weight is 249 g/mol. The molecule has 0 amide bonds. The summed E-state index contributed by atoms with van der Waals surface area (Å²) in [5.41, 5.74) is 0. The van der Waals surface area contributed by atoms with E-state index in [1.54, 1.807) is 0 Å². The molecule has 18 heavy (non-hydrogen) atoms. The smallest absolute Gasteiger partial charge is 0.0169 e. The van der Waals surface area contributed by atoms with E-state index in [1.165, 1.54) is 57.8 Å². The van der Waals surface area contributed by atoms with Crippen LogP contribution in [0.4, 0.5) is 0 Å². The van der Waals surface area contributed by atoms with Crippen molar-refractivity contribution in [3.05, 3.63) is 31.2 Å². The Morgan fingerprint density at radius 1 is 0.667 bits per heavy atom. The molecule has 0 atom stereocenters. The molecule has 0 N–H and O–H groups in total. The Morgan fingerprint density at radius 3 is 1.83 bits per heavy atom. The fourth-order valence-corrected chi connectivity index (χ4v) is 2.06. The first-order chi connectivity index (χ1) is 8.91. The van der Waals surface area contributed by atoms with Crippen molar-refractivity contribution in [2.24, 2.45) is 0 Å². The molecule has 0 saturated carbocycles. The second-order valence-electron chi connectivity index (χ2n) is 5.06. The summed E-state index contributed by atoms with van der Waals surface area (Å²) < 4.78 is 0. The number of rotatable bonds is 13. The predicted molar refractivity (Wildman–Crippen MR) is 84.7 cm³/mol. The van der Waals surface area contributed by atoms with Crippen molar-refractivity contribution in [3.63, 3.8) is 0 Å². The van der Waals surface area contributed by atoms with Gasteiger partial charge in [0.15, 0.2) is 0 Å². The summed E-state index contributed by atoms with van der Waals surface area (Å²) in [6.07, 6.45) is 24.9. The monoisotopic (exact) mass is 249 g/mol. The molecule has 0 fully saturated rings. The van der Waals surface area contributed by atoms with Crippen molar-refractivity contribution in [3.8, 4) is 0 Å². The van der Waals surface area contributed by atoms with E-state index < -0.39 is 0 Å². The molecular weight excluding hydrogens is 216 g/mol. The Labute approximate surface area is 116 Å². The van der Waals surface area contributed by atoms with Gasteiger partial charge < -0.3 is 0 Å². The standard InChI is InChI=1S/C18H33/c1-3-5-7-9-11-13-15-17-18-16-14-12-10-8-6-4-2/h6,8,12,14H,1,3-5,7,9-11,13,15-18H2,2H3. The minimum absolute atomic E-state index is 1.11. The molecule has 0 aromatic carbocycles. The van der Waals surface area contributed by atoms with Crippen LogP contribution in [0.2, 0.25) is 0 Å². The van der Waals surface area contributed by atoms with Gasteiger partial charge in [0.2, 0.25) is 0 Å². The van der Waals surface area contributed by atoms with Crippen LogP contribution in [0.3, 0.4) is 0 Å². The van der Waals surface area contributed by atoms with Crippen molar-refractivity contribution < 1.29 is 0 Å². The van der Waals surface area contributed by atoms with Gasteiger partial charge in [0.05, 0.1) is 0 Å². The first-order valence-corrected chi connectivity index (χ1v) is 8.01. The molecule has 1 radical (unpaired) electrons. The average Bonchev–Trinajstić information content (AvgIpc) is 2.39. The van der Waals surface area contributed by atoms with Gasteiger partial charge in [0, 0.05) is 0 Å². The Morgan fingerprint density at radius 2 is 1.22 bits per heavy atom. The number of hydrogen-bond donors (Lipinski definition) is 0. The van der Waals surface area contributed by atoms with Gasteiger partial charge >= 0.3 is 0 Å². The topological polar surface area (TPSA) is 0 Å². The second-order valence-corrected chi connectivity index (χ2v) is 5.06. The highest BCUT2D eigenvalue weighted by Crippen LogP contribution is 2.10. The molecule has 0 bridgehead atoms. The van der Waals surface area contributed by atoms with Crippen LogP contribution in [0.5, 0.6) is 0 Å². The van der Waals surface area contributed by atoms with E-state index >= 15 is 0 Å². The van der Waals surface area contributed by atoms with E-state index in [-0.39, 0.29) is 0 Å². The van der Waals surface area contributed by atoms with Crippen LogP contribution in [0.1, 0.15) is 84.0 Å². The molecule has 0 unspecified atom stereocenters. The predicted octanol–water partition coefficient (Wildman–Crippen LogP) is 6.63. The molecule has 0 aliphatic carbocycles. The van der Waals surface area contributed by atoms with E-state index in [0.717, 1.165) is 19.3 Å². The first kappa shape index (κ1) is 17.5. The molecule has 0 heteroatoms. The third-order valence-electron chi connectivity index (χ3n) is 3.21. The zero-order chi connectivity index (χ0) is 13.3. The lowest BCUT2D eigenvalue weighted by molar-refractivity contribution is 0.571. The minimum Gasteiger partial charge on any atom is -0.0885 e. The largest absolute Gasteiger partial charge is 0.0885 e. The minimum atomic E-state index is 1.11. The van der Waals surface area contributed by atoms with Crippen LogP contribution in [-0.2, 0) is 0 Å². The molecule has 0 aliphatic heterocycles. The SMILES string of the molecule is [CH2]CCCCCCCCCCC=CCC=CCC. The van der Waals surface area contributed by atoms with Crippen LogP contribution in [0, 0.1) is 6.92 Å². The third-order valence-corrected chi connectivity index (χ3v) is 3.21. The van der Waals surface area contributed by atoms with Crippen LogP contribution < -0.4 is 0 Å². The molecule has 0 aromatic heterocycles. The molecule has 0 aliphatic rings. The molecule has 0 spiro atoms. The highest BCUT2D eigenvalue weighted by Gasteiger charge is 1.90. The number of unbranched alkanes of at least 4 members (excludes halogenated alkanes) is 9. The van der Waals surface area contributed by atoms with Crippen molar-refractivity contribution >= 4 is 0 Å². The van der Waals surface area contributed by atoms with Gasteiger partial charge in [-0.1, -0.05) is 89.5 Å². The molecule has 0 aromatic rings. The lowest BCUT2D eigenvalue weighted by Gasteiger charge is -2.00. The molecular formula is C18H33. The highest BCUT2D eigenvalue weighted by molar-refractivity contribution is 4.92. The van der Waals surface area contributed by atoms with Gasteiger partial charge in [0.1, 0.15) is 0 Å². The Hall–Kier alpha value is -0.520. The lowest BCUT2D eigenvalue weighted by Crippen LogP contribution is -1.80. The van der Waals surface area contributed by atoms with Crippen LogP contribution >= 0.6 is 0 Å². The van der Waals surface area contributed by atoms with E-state index in [4.69, 9.17) is 0 Å². The van der Waals surface area contributed by atoms with Gasteiger partial charge in [-0.15, -0.1) is 0 Å². The van der Waals surface area contributed by atoms with Crippen molar-refractivity contribution in [2.75, 3.05) is 0 Å². The van der Waals surface area contributed by atoms with Gasteiger partial charge in [-0.2, -0.15) is 0 Å². The number of hydrogen-bond acceptors (Lipinski definition) is 0. The molecule has 0 saturated heterocycles. The normalized spacial score (nSPS) is 11.9. The molecule has 0 nitrogen and oxygen atoms in total. The summed E-state index contributed by atoms with van der Waals surface area (Å²) in [6, 6.07) is 0. The summed E-state index contributed by atoms with van der Waals surface area (Å²) in [7, 11) is 0. The zero-order valence-corrected chi connectivity index (χ0v) is 12.5. The third kappa shape index (κ3) is 15.5. The summed E-state index contributed by atoms with van der Waals surface area (Å²) >= 11 is 0. The van der Waals surface area contributed by atoms with Crippen molar-refractivity contribution in [2.45, 2.75) is 84.0 Å². The summed E-state index contributed by atoms with van der Waals surface area (Å²) in [6.45, 7) is 6.05. The number of allylic oxidation sites excluding steroid dienone is 4. The summed E-state index contributed by atoms with van der Waals surface area (Å²) in [4.78, 5) is 0. The van der Waals surface area contributed by atoms with E-state index in [9.17, 15) is 0 Å². The van der Waals surface area contributed by atoms with E-state index in [1.807, 2.05) is 0 Å². The maximum absolute atomic E-state index is 3.87. The lowest BCUT2D eigenvalue weighted by atomic mass is 10.1. The fourth-order valence-electron chi connectivity index (χ4n) is 2.06. The summed E-state index contributed by atoms with van der Waals surface area (Å²) in [5.74, 6) is 0. The second kappa shape index (κ2) is 16.5. The van der Waals surface area contributed by atoms with Crippen LogP contribution in [-0.4, -0.2) is 0 Å². The van der Waals surface area contributed by atoms with E-state index in [0.29, 0.717) is 0 Å². The maximum Gasteiger partial charge on any atom is -0.0169 e. The quantitative estimate of drug-likeness (QED) is 0.254. The Bertz CT molecular complexity index is 188. The zero-order valence-electron chi connectivity index (χ0n) is 12.5. The van der Waals surface area contributed by atoms with Gasteiger partial charge in [-0.3, -0.25) is 0 Å². The van der Waals surface area contributed by atoms with Gasteiger partial charge in [0.25, 0.3) is 0 Å². The van der Waals surface area contributed by atoms with E-state index in [2.05, 4.69) is 38.2 Å². The Balaban J connectivity index is 3.04. The van der Waals surface area contributed by atoms with Gasteiger partial charge in [-0.25, -0.2) is 0 Å². The highest BCUT2D eigenvalue weighted by atomic mass is 14.0. The maximum atomic E-state index is 3.87. The van der Waals surface area contributed by atoms with Crippen LogP contribution in [0.15, 0.2) is 24.3 Å². The summed E-state index contributed by atoms with van der Waals surface area (Å²) in [5, 5.41) is 0. The first-order valence-electron chi connectivity index (χ1n) is 8.01. The van der Waals surface area contributed by atoms with Crippen LogP contribution in [0.25, 0.3) is 0 Å². The molecule has 105 valence electrons. The van der Waals surface area contributed by atoms with Crippen molar-refractivity contribution in [1.82, 2.24) is 0 Å². The van der Waals surface area contributed by atoms with Gasteiger partial charge in [-0.05, 0) is 25.7 Å². The Kier molecular flexibility index (Phi) is 16.0.